The minimum Gasteiger partial charge on any atom is -0.322 e. The Labute approximate surface area is 171 Å². The van der Waals surface area contributed by atoms with Gasteiger partial charge in [-0.15, -0.1) is 0 Å². The quantitative estimate of drug-likeness (QED) is 0.725. The lowest BCUT2D eigenvalue weighted by molar-refractivity contribution is -0.137. The molecule has 0 fully saturated rings. The van der Waals surface area contributed by atoms with E-state index in [1.807, 2.05) is 6.07 Å². The van der Waals surface area contributed by atoms with Crippen LogP contribution in [0.5, 0.6) is 0 Å². The van der Waals surface area contributed by atoms with Gasteiger partial charge >= 0.3 is 12.2 Å². The molecule has 10 heteroatoms. The van der Waals surface area contributed by atoms with Crippen molar-refractivity contribution >= 4 is 21.6 Å². The number of allylic oxidation sites excluding steroid dienone is 1. The van der Waals surface area contributed by atoms with Crippen molar-refractivity contribution in [1.29, 1.82) is 5.26 Å². The standard InChI is InChI=1S/C20H16F3N3O3S/c1-13-18(30(28,29)17-8-6-14(11-24)7-9-17)12-25(2)19(27)26(13)16-5-3-4-15(10-16)20(21,22)23/h3-10H,12H2,1-2H3. The molecule has 3 rings (SSSR count). The van der Waals surface area contributed by atoms with Gasteiger partial charge in [0.25, 0.3) is 0 Å². The summed E-state index contributed by atoms with van der Waals surface area (Å²) in [5.74, 6) is 0. The van der Waals surface area contributed by atoms with Gasteiger partial charge in [-0.1, -0.05) is 6.07 Å². The van der Waals surface area contributed by atoms with Crippen LogP contribution < -0.4 is 4.90 Å². The highest BCUT2D eigenvalue weighted by Crippen LogP contribution is 2.36. The third-order valence-electron chi connectivity index (χ3n) is 4.69. The van der Waals surface area contributed by atoms with E-state index in [9.17, 15) is 26.4 Å². The van der Waals surface area contributed by atoms with Gasteiger partial charge in [0.15, 0.2) is 0 Å². The first kappa shape index (κ1) is 21.4. The Morgan fingerprint density at radius 3 is 2.30 bits per heavy atom. The summed E-state index contributed by atoms with van der Waals surface area (Å²) in [5, 5.41) is 8.89. The molecule has 0 aromatic heterocycles. The number of halogens is 3. The molecule has 2 aromatic rings. The number of anilines is 1. The maximum atomic E-state index is 13.2. The molecule has 2 amide bonds. The number of hydrogen-bond acceptors (Lipinski definition) is 4. The second-order valence-corrected chi connectivity index (χ2v) is 8.64. The van der Waals surface area contributed by atoms with Crippen molar-refractivity contribution in [3.63, 3.8) is 0 Å². The van der Waals surface area contributed by atoms with Gasteiger partial charge in [-0.3, -0.25) is 4.90 Å². The zero-order valence-corrected chi connectivity index (χ0v) is 16.8. The third-order valence-corrected chi connectivity index (χ3v) is 6.65. The van der Waals surface area contributed by atoms with E-state index in [0.29, 0.717) is 0 Å². The van der Waals surface area contributed by atoms with Gasteiger partial charge in [-0.05, 0) is 49.4 Å². The number of likely N-dealkylation sites (N-methyl/N-ethyl adjacent to an activating group) is 1. The van der Waals surface area contributed by atoms with Crippen molar-refractivity contribution in [3.8, 4) is 6.07 Å². The predicted octanol–water partition coefficient (Wildman–Crippen LogP) is 4.15. The number of benzene rings is 2. The molecule has 6 nitrogen and oxygen atoms in total. The second kappa shape index (κ2) is 7.50. The molecule has 0 N–H and O–H groups in total. The number of rotatable bonds is 3. The summed E-state index contributed by atoms with van der Waals surface area (Å²) in [6.45, 7) is 1.14. The molecule has 0 saturated carbocycles. The molecule has 0 spiro atoms. The normalized spacial score (nSPS) is 15.4. The van der Waals surface area contributed by atoms with Crippen LogP contribution in [0.25, 0.3) is 0 Å². The first-order valence-corrected chi connectivity index (χ1v) is 10.1. The lowest BCUT2D eigenvalue weighted by Crippen LogP contribution is -2.47. The molecular formula is C20H16F3N3O3S. The Morgan fingerprint density at radius 1 is 1.10 bits per heavy atom. The van der Waals surface area contributed by atoms with Crippen LogP contribution >= 0.6 is 0 Å². The summed E-state index contributed by atoms with van der Waals surface area (Å²) in [6, 6.07) is 10.6. The number of carbonyl (C=O) groups is 1. The Morgan fingerprint density at radius 2 is 1.73 bits per heavy atom. The van der Waals surface area contributed by atoms with Gasteiger partial charge in [0.2, 0.25) is 9.84 Å². The highest BCUT2D eigenvalue weighted by Gasteiger charge is 2.37. The SMILES string of the molecule is CC1=C(S(=O)(=O)c2ccc(C#N)cc2)CN(C)C(=O)N1c1cccc(C(F)(F)F)c1. The molecule has 0 atom stereocenters. The lowest BCUT2D eigenvalue weighted by Gasteiger charge is -2.35. The molecule has 1 heterocycles. The van der Waals surface area contributed by atoms with Gasteiger partial charge in [0, 0.05) is 12.7 Å². The fourth-order valence-corrected chi connectivity index (χ4v) is 4.71. The lowest BCUT2D eigenvalue weighted by atomic mass is 10.1. The van der Waals surface area contributed by atoms with Crippen molar-refractivity contribution < 1.29 is 26.4 Å². The van der Waals surface area contributed by atoms with Crippen molar-refractivity contribution in [2.45, 2.75) is 18.0 Å². The summed E-state index contributed by atoms with van der Waals surface area (Å²) >= 11 is 0. The average molecular weight is 435 g/mol. The van der Waals surface area contributed by atoms with Crippen LogP contribution in [-0.2, 0) is 16.0 Å². The van der Waals surface area contributed by atoms with Crippen molar-refractivity contribution in [3.05, 3.63) is 70.3 Å². The van der Waals surface area contributed by atoms with Crippen LogP contribution in [0.2, 0.25) is 0 Å². The Hall–Kier alpha value is -3.32. The third kappa shape index (κ3) is 3.76. The summed E-state index contributed by atoms with van der Waals surface area (Å²) in [7, 11) is -2.69. The number of nitriles is 1. The minimum absolute atomic E-state index is 0.0155. The van der Waals surface area contributed by atoms with Crippen molar-refractivity contribution in [1.82, 2.24) is 4.90 Å². The Balaban J connectivity index is 2.15. The fraction of sp³-hybridized carbons (Fsp3) is 0.200. The van der Waals surface area contributed by atoms with E-state index in [2.05, 4.69) is 0 Å². The minimum atomic E-state index is -4.62. The number of amides is 2. The second-order valence-electron chi connectivity index (χ2n) is 6.67. The van der Waals surface area contributed by atoms with Gasteiger partial charge in [-0.2, -0.15) is 18.4 Å². The van der Waals surface area contributed by atoms with E-state index in [1.54, 1.807) is 0 Å². The van der Waals surface area contributed by atoms with Gasteiger partial charge in [0.1, 0.15) is 0 Å². The summed E-state index contributed by atoms with van der Waals surface area (Å²) in [5.41, 5.74) is -0.750. The first-order chi connectivity index (χ1) is 14.0. The van der Waals surface area contributed by atoms with Crippen LogP contribution in [0.1, 0.15) is 18.1 Å². The number of urea groups is 1. The summed E-state index contributed by atoms with van der Waals surface area (Å²) in [6.07, 6.45) is -4.62. The molecule has 0 bridgehead atoms. The largest absolute Gasteiger partial charge is 0.416 e. The monoisotopic (exact) mass is 435 g/mol. The van der Waals surface area contributed by atoms with E-state index in [0.717, 1.165) is 28.0 Å². The van der Waals surface area contributed by atoms with E-state index in [1.165, 1.54) is 44.3 Å². The summed E-state index contributed by atoms with van der Waals surface area (Å²) < 4.78 is 65.7. The fourth-order valence-electron chi connectivity index (χ4n) is 3.09. The number of alkyl halides is 3. The summed E-state index contributed by atoms with van der Waals surface area (Å²) in [4.78, 5) is 14.6. The molecule has 0 aliphatic carbocycles. The zero-order chi connectivity index (χ0) is 22.3. The van der Waals surface area contributed by atoms with Crippen molar-refractivity contribution in [2.75, 3.05) is 18.5 Å². The molecule has 0 unspecified atom stereocenters. The molecule has 156 valence electrons. The average Bonchev–Trinajstić information content (AvgIpc) is 2.70. The molecule has 1 aliphatic rings. The maximum absolute atomic E-state index is 13.2. The maximum Gasteiger partial charge on any atom is 0.416 e. The number of sulfone groups is 1. The van der Waals surface area contributed by atoms with Crippen LogP contribution in [0.4, 0.5) is 23.7 Å². The predicted molar refractivity (Wildman–Crippen MR) is 103 cm³/mol. The zero-order valence-electron chi connectivity index (χ0n) is 15.9. The number of hydrogen-bond donors (Lipinski definition) is 0. The van der Waals surface area contributed by atoms with E-state index >= 15 is 0 Å². The highest BCUT2D eigenvalue weighted by molar-refractivity contribution is 7.95. The smallest absolute Gasteiger partial charge is 0.322 e. The van der Waals surface area contributed by atoms with Crippen LogP contribution in [0, 0.1) is 11.3 Å². The van der Waals surface area contributed by atoms with E-state index in [4.69, 9.17) is 5.26 Å². The highest BCUT2D eigenvalue weighted by atomic mass is 32.2. The van der Waals surface area contributed by atoms with Gasteiger partial charge in [0.05, 0.1) is 39.2 Å². The molecule has 1 aliphatic heterocycles. The Bertz CT molecular complexity index is 1180. The first-order valence-electron chi connectivity index (χ1n) is 8.64. The Kier molecular flexibility index (Phi) is 5.34. The van der Waals surface area contributed by atoms with E-state index < -0.39 is 27.6 Å². The molecular weight excluding hydrogens is 419 g/mol. The molecule has 0 saturated heterocycles. The molecule has 0 radical (unpaired) electrons. The van der Waals surface area contributed by atoms with Crippen LogP contribution in [-0.4, -0.2) is 32.9 Å². The van der Waals surface area contributed by atoms with Crippen LogP contribution in [0.3, 0.4) is 0 Å². The topological polar surface area (TPSA) is 81.5 Å². The van der Waals surface area contributed by atoms with Gasteiger partial charge < -0.3 is 4.90 Å². The number of carbonyl (C=O) groups excluding carboxylic acids is 1. The van der Waals surface area contributed by atoms with Crippen LogP contribution in [0.15, 0.2) is 64.0 Å². The number of nitrogens with zero attached hydrogens (tertiary/aromatic N) is 3. The molecule has 30 heavy (non-hydrogen) atoms. The van der Waals surface area contributed by atoms with E-state index in [-0.39, 0.29) is 33.3 Å². The van der Waals surface area contributed by atoms with Gasteiger partial charge in [-0.25, -0.2) is 13.2 Å². The molecule has 2 aromatic carbocycles. The van der Waals surface area contributed by atoms with Crippen molar-refractivity contribution in [2.24, 2.45) is 0 Å².